The zero-order chi connectivity index (χ0) is 12.1. The van der Waals surface area contributed by atoms with Crippen LogP contribution in [-0.4, -0.2) is 30.6 Å². The van der Waals surface area contributed by atoms with Gasteiger partial charge in [-0.25, -0.2) is 0 Å². The highest BCUT2D eigenvalue weighted by atomic mass is 16.4. The number of nitrogens with two attached hydrogens (primary N) is 1. The van der Waals surface area contributed by atoms with E-state index in [0.717, 1.165) is 6.42 Å². The lowest BCUT2D eigenvalue weighted by Crippen LogP contribution is -2.32. The number of hydrogen-bond donors (Lipinski definition) is 3. The van der Waals surface area contributed by atoms with Crippen LogP contribution in [0.15, 0.2) is 4.99 Å². The van der Waals surface area contributed by atoms with Gasteiger partial charge in [-0.1, -0.05) is 20.3 Å². The monoisotopic (exact) mass is 217 g/mol. The van der Waals surface area contributed by atoms with Gasteiger partial charge in [0.15, 0.2) is 5.96 Å². The molecule has 0 aliphatic carbocycles. The minimum Gasteiger partial charge on any atom is -0.481 e. The first kappa shape index (κ1) is 16.2. The van der Waals surface area contributed by atoms with Crippen LogP contribution in [0.25, 0.3) is 0 Å². The van der Waals surface area contributed by atoms with Crippen molar-refractivity contribution in [2.24, 2.45) is 10.7 Å². The predicted octanol–water partition coefficient (Wildman–Crippen LogP) is 1.19. The number of carboxylic acids is 1. The first-order valence-corrected chi connectivity index (χ1v) is 5.26. The molecule has 15 heavy (non-hydrogen) atoms. The van der Waals surface area contributed by atoms with Crippen LogP contribution in [0.3, 0.4) is 0 Å². The van der Waals surface area contributed by atoms with E-state index < -0.39 is 5.97 Å². The topological polar surface area (TPSA) is 87.7 Å². The molecule has 0 bridgehead atoms. The number of nitrogens with zero attached hydrogens (tertiary/aromatic N) is 1. The molecule has 0 unspecified atom stereocenters. The number of carboxylic acid groups (broad SMARTS) is 1. The van der Waals surface area contributed by atoms with Crippen LogP contribution in [0.2, 0.25) is 0 Å². The van der Waals surface area contributed by atoms with Crippen LogP contribution in [0, 0.1) is 0 Å². The van der Waals surface area contributed by atoms with Crippen LogP contribution in [-0.2, 0) is 4.79 Å². The predicted molar refractivity (Wildman–Crippen MR) is 63.0 cm³/mol. The SMILES string of the molecule is CCC.CN=C(N)NCCCCC(=O)O. The normalized spacial score (nSPS) is 10.2. The first-order chi connectivity index (χ1) is 7.08. The summed E-state index contributed by atoms with van der Waals surface area (Å²) in [5.74, 6) is -0.363. The largest absolute Gasteiger partial charge is 0.481 e. The molecule has 5 nitrogen and oxygen atoms in total. The lowest BCUT2D eigenvalue weighted by Gasteiger charge is -2.02. The van der Waals surface area contributed by atoms with E-state index in [9.17, 15) is 4.79 Å². The molecule has 0 saturated carbocycles. The molecule has 0 aromatic carbocycles. The Morgan fingerprint density at radius 3 is 2.33 bits per heavy atom. The summed E-state index contributed by atoms with van der Waals surface area (Å²) in [6, 6.07) is 0. The summed E-state index contributed by atoms with van der Waals surface area (Å²) in [6.45, 7) is 4.93. The molecule has 0 aromatic rings. The molecule has 0 atom stereocenters. The summed E-state index contributed by atoms with van der Waals surface area (Å²) in [6.07, 6.45) is 2.92. The van der Waals surface area contributed by atoms with Crippen LogP contribution >= 0.6 is 0 Å². The van der Waals surface area contributed by atoms with E-state index in [4.69, 9.17) is 10.8 Å². The molecule has 0 aromatic heterocycles. The number of rotatable bonds is 5. The van der Waals surface area contributed by atoms with Gasteiger partial charge in [0.1, 0.15) is 0 Å². The van der Waals surface area contributed by atoms with E-state index >= 15 is 0 Å². The number of aliphatic carboxylic acids is 1. The van der Waals surface area contributed by atoms with E-state index in [1.54, 1.807) is 7.05 Å². The fourth-order valence-corrected chi connectivity index (χ4v) is 0.697. The van der Waals surface area contributed by atoms with E-state index in [0.29, 0.717) is 18.9 Å². The zero-order valence-electron chi connectivity index (χ0n) is 9.92. The van der Waals surface area contributed by atoms with Gasteiger partial charge in [0.25, 0.3) is 0 Å². The summed E-state index contributed by atoms with van der Waals surface area (Å²) in [5.41, 5.74) is 5.34. The van der Waals surface area contributed by atoms with Gasteiger partial charge in [-0.15, -0.1) is 0 Å². The average Bonchev–Trinajstić information content (AvgIpc) is 2.17. The maximum absolute atomic E-state index is 10.1. The average molecular weight is 217 g/mol. The molecule has 90 valence electrons. The summed E-state index contributed by atoms with van der Waals surface area (Å²) >= 11 is 0. The molecule has 0 saturated heterocycles. The van der Waals surface area contributed by atoms with E-state index in [2.05, 4.69) is 24.2 Å². The van der Waals surface area contributed by atoms with Gasteiger partial charge in [-0.3, -0.25) is 9.79 Å². The Balaban J connectivity index is 0. The van der Waals surface area contributed by atoms with E-state index in [1.165, 1.54) is 6.42 Å². The summed E-state index contributed by atoms with van der Waals surface area (Å²) < 4.78 is 0. The first-order valence-electron chi connectivity index (χ1n) is 5.26. The number of aliphatic imine (C=N–C) groups is 1. The van der Waals surface area contributed by atoms with Crippen molar-refractivity contribution in [3.8, 4) is 0 Å². The van der Waals surface area contributed by atoms with Crippen LogP contribution in [0.5, 0.6) is 0 Å². The van der Waals surface area contributed by atoms with Gasteiger partial charge >= 0.3 is 5.97 Å². The molecule has 0 radical (unpaired) electrons. The molecule has 0 aliphatic heterocycles. The van der Waals surface area contributed by atoms with E-state index in [-0.39, 0.29) is 6.42 Å². The van der Waals surface area contributed by atoms with Gasteiger partial charge in [0.05, 0.1) is 0 Å². The number of guanidine groups is 1. The second-order valence-electron chi connectivity index (χ2n) is 3.09. The van der Waals surface area contributed by atoms with Crippen molar-refractivity contribution >= 4 is 11.9 Å². The molecule has 4 N–H and O–H groups in total. The number of hydrogen-bond acceptors (Lipinski definition) is 2. The quantitative estimate of drug-likeness (QED) is 0.367. The molecule has 0 rings (SSSR count). The van der Waals surface area contributed by atoms with Crippen LogP contribution < -0.4 is 11.1 Å². The van der Waals surface area contributed by atoms with Gasteiger partial charge < -0.3 is 16.2 Å². The van der Waals surface area contributed by atoms with Gasteiger partial charge in [0.2, 0.25) is 0 Å². The Hall–Kier alpha value is -1.26. The van der Waals surface area contributed by atoms with Gasteiger partial charge in [-0.2, -0.15) is 0 Å². The van der Waals surface area contributed by atoms with Gasteiger partial charge in [0, 0.05) is 20.0 Å². The van der Waals surface area contributed by atoms with E-state index in [1.807, 2.05) is 0 Å². The third-order valence-corrected chi connectivity index (χ3v) is 1.36. The standard InChI is InChI=1S/C7H15N3O2.C3H8/c1-9-7(8)10-5-3-2-4-6(11)12;1-3-2/h2-5H2,1H3,(H,11,12)(H3,8,9,10);3H2,1-2H3. The number of unbranched alkanes of at least 4 members (excludes halogenated alkanes) is 1. The van der Waals surface area contributed by atoms with Crippen molar-refractivity contribution in [1.82, 2.24) is 5.32 Å². The number of carbonyl (C=O) groups is 1. The highest BCUT2D eigenvalue weighted by Crippen LogP contribution is 1.92. The summed E-state index contributed by atoms with van der Waals surface area (Å²) in [4.78, 5) is 13.8. The van der Waals surface area contributed by atoms with Crippen molar-refractivity contribution in [2.45, 2.75) is 39.5 Å². The van der Waals surface area contributed by atoms with Crippen LogP contribution in [0.1, 0.15) is 39.5 Å². The minimum absolute atomic E-state index is 0.213. The zero-order valence-corrected chi connectivity index (χ0v) is 9.92. The van der Waals surface area contributed by atoms with Gasteiger partial charge in [-0.05, 0) is 12.8 Å². The van der Waals surface area contributed by atoms with Crippen molar-refractivity contribution in [3.05, 3.63) is 0 Å². The summed E-state index contributed by atoms with van der Waals surface area (Å²) in [7, 11) is 1.60. The Morgan fingerprint density at radius 2 is 1.93 bits per heavy atom. The van der Waals surface area contributed by atoms with Crippen LogP contribution in [0.4, 0.5) is 0 Å². The molecule has 0 heterocycles. The molecular weight excluding hydrogens is 194 g/mol. The summed E-state index contributed by atoms with van der Waals surface area (Å²) in [5, 5.41) is 11.1. The minimum atomic E-state index is -0.757. The Labute approximate surface area is 91.8 Å². The molecular formula is C10H23N3O2. The lowest BCUT2D eigenvalue weighted by molar-refractivity contribution is -0.137. The maximum Gasteiger partial charge on any atom is 0.303 e. The molecule has 0 aliphatic rings. The second kappa shape index (κ2) is 12.7. The fourth-order valence-electron chi connectivity index (χ4n) is 0.697. The third-order valence-electron chi connectivity index (χ3n) is 1.36. The fraction of sp³-hybridized carbons (Fsp3) is 0.800. The third kappa shape index (κ3) is 19.2. The smallest absolute Gasteiger partial charge is 0.303 e. The highest BCUT2D eigenvalue weighted by molar-refractivity contribution is 5.77. The molecule has 0 fully saturated rings. The molecule has 0 amide bonds. The molecule has 5 heteroatoms. The Bertz CT molecular complexity index is 182. The second-order valence-corrected chi connectivity index (χ2v) is 3.09. The maximum atomic E-state index is 10.1. The number of nitrogens with one attached hydrogen (secondary N) is 1. The molecule has 0 spiro atoms. The van der Waals surface area contributed by atoms with Crippen molar-refractivity contribution < 1.29 is 9.90 Å². The van der Waals surface area contributed by atoms with Crippen molar-refractivity contribution in [2.75, 3.05) is 13.6 Å². The van der Waals surface area contributed by atoms with Crippen molar-refractivity contribution in [3.63, 3.8) is 0 Å². The lowest BCUT2D eigenvalue weighted by atomic mass is 10.2. The highest BCUT2D eigenvalue weighted by Gasteiger charge is 1.95. The Kier molecular flexibility index (Phi) is 13.7. The van der Waals surface area contributed by atoms with Crippen molar-refractivity contribution in [1.29, 1.82) is 0 Å². The Morgan fingerprint density at radius 1 is 1.40 bits per heavy atom.